The molecule has 1 fully saturated rings. The van der Waals surface area contributed by atoms with Gasteiger partial charge in [-0.3, -0.25) is 9.59 Å². The van der Waals surface area contributed by atoms with E-state index in [1.54, 1.807) is 11.0 Å². The average molecular weight is 299 g/mol. The van der Waals surface area contributed by atoms with Gasteiger partial charge in [0, 0.05) is 24.9 Å². The number of carbonyl (C=O) groups excluding carboxylic acids is 2. The van der Waals surface area contributed by atoms with Crippen LogP contribution in [0.1, 0.15) is 23.6 Å². The number of hydrogen-bond acceptors (Lipinski definition) is 4. The molecule has 22 heavy (non-hydrogen) atoms. The Kier molecular flexibility index (Phi) is 4.18. The molecular weight excluding hydrogens is 282 g/mol. The second-order valence-electron chi connectivity index (χ2n) is 5.35. The number of aromatic nitrogens is 1. The number of amides is 2. The lowest BCUT2D eigenvalue weighted by Crippen LogP contribution is -2.37. The molecule has 0 radical (unpaired) electrons. The van der Waals surface area contributed by atoms with Gasteiger partial charge in [-0.15, -0.1) is 0 Å². The van der Waals surface area contributed by atoms with E-state index in [0.717, 1.165) is 5.56 Å². The van der Waals surface area contributed by atoms with Crippen LogP contribution in [0.2, 0.25) is 0 Å². The van der Waals surface area contributed by atoms with Crippen LogP contribution in [-0.4, -0.2) is 35.0 Å². The third kappa shape index (κ3) is 3.33. The smallest absolute Gasteiger partial charge is 0.239 e. The van der Waals surface area contributed by atoms with E-state index < -0.39 is 0 Å². The fourth-order valence-corrected chi connectivity index (χ4v) is 2.62. The van der Waals surface area contributed by atoms with Gasteiger partial charge in [-0.05, 0) is 5.56 Å². The summed E-state index contributed by atoms with van der Waals surface area (Å²) in [6, 6.07) is 11.6. The first-order valence-corrected chi connectivity index (χ1v) is 7.21. The molecule has 1 atom stereocenters. The summed E-state index contributed by atoms with van der Waals surface area (Å²) in [5.74, 6) is -0.00691. The maximum atomic E-state index is 12.0. The highest BCUT2D eigenvalue weighted by Gasteiger charge is 2.31. The summed E-state index contributed by atoms with van der Waals surface area (Å²) < 4.78 is 4.69. The van der Waals surface area contributed by atoms with Crippen LogP contribution in [0.4, 0.5) is 0 Å². The summed E-state index contributed by atoms with van der Waals surface area (Å²) in [6.45, 7) is 0.972. The van der Waals surface area contributed by atoms with Crippen LogP contribution in [0.3, 0.4) is 0 Å². The minimum absolute atomic E-state index is 0.0189. The Balaban J connectivity index is 1.52. The molecule has 1 N–H and O–H groups in total. The lowest BCUT2D eigenvalue weighted by molar-refractivity contribution is -0.133. The zero-order valence-electron chi connectivity index (χ0n) is 12.1. The average Bonchev–Trinajstić information content (AvgIpc) is 3.17. The number of nitrogens with one attached hydrogen (secondary N) is 1. The van der Waals surface area contributed by atoms with Gasteiger partial charge in [0.15, 0.2) is 0 Å². The van der Waals surface area contributed by atoms with Crippen LogP contribution < -0.4 is 5.32 Å². The molecule has 2 heterocycles. The third-order valence-corrected chi connectivity index (χ3v) is 3.78. The van der Waals surface area contributed by atoms with Gasteiger partial charge in [0.05, 0.1) is 13.1 Å². The Bertz CT molecular complexity index is 640. The van der Waals surface area contributed by atoms with Crippen molar-refractivity contribution in [3.63, 3.8) is 0 Å². The van der Waals surface area contributed by atoms with Gasteiger partial charge in [0.25, 0.3) is 0 Å². The lowest BCUT2D eigenvalue weighted by Gasteiger charge is -2.16. The zero-order chi connectivity index (χ0) is 15.4. The minimum Gasteiger partial charge on any atom is -0.364 e. The molecule has 6 heteroatoms. The molecule has 0 bridgehead atoms. The molecule has 1 aliphatic heterocycles. The Morgan fingerprint density at radius 3 is 2.86 bits per heavy atom. The van der Waals surface area contributed by atoms with E-state index in [1.165, 1.54) is 6.26 Å². The molecule has 0 saturated carbocycles. The molecule has 2 aromatic rings. The predicted molar refractivity (Wildman–Crippen MR) is 78.7 cm³/mol. The molecule has 2 amide bonds. The van der Waals surface area contributed by atoms with Gasteiger partial charge in [-0.2, -0.15) is 0 Å². The van der Waals surface area contributed by atoms with Gasteiger partial charge in [-0.1, -0.05) is 35.5 Å². The molecule has 0 unspecified atom stereocenters. The number of carbonyl (C=O) groups is 2. The van der Waals surface area contributed by atoms with Gasteiger partial charge in [0.1, 0.15) is 12.0 Å². The van der Waals surface area contributed by atoms with Gasteiger partial charge in [0.2, 0.25) is 11.8 Å². The molecule has 1 saturated heterocycles. The normalized spacial score (nSPS) is 17.7. The van der Waals surface area contributed by atoms with Crippen molar-refractivity contribution in [3.05, 3.63) is 53.9 Å². The van der Waals surface area contributed by atoms with Crippen LogP contribution in [-0.2, 0) is 16.1 Å². The van der Waals surface area contributed by atoms with Crippen LogP contribution >= 0.6 is 0 Å². The fraction of sp³-hybridized carbons (Fsp3) is 0.312. The summed E-state index contributed by atoms with van der Waals surface area (Å²) in [4.78, 5) is 25.6. The number of hydrogen-bond donors (Lipinski definition) is 1. The molecule has 6 nitrogen and oxygen atoms in total. The second-order valence-corrected chi connectivity index (χ2v) is 5.35. The van der Waals surface area contributed by atoms with E-state index >= 15 is 0 Å². The maximum absolute atomic E-state index is 12.0. The predicted octanol–water partition coefficient (Wildman–Crippen LogP) is 1.31. The Morgan fingerprint density at radius 1 is 1.32 bits per heavy atom. The first-order chi connectivity index (χ1) is 10.7. The number of benzene rings is 1. The Morgan fingerprint density at radius 2 is 2.14 bits per heavy atom. The second kappa shape index (κ2) is 6.43. The van der Waals surface area contributed by atoms with Crippen LogP contribution in [0.5, 0.6) is 0 Å². The quantitative estimate of drug-likeness (QED) is 0.903. The third-order valence-electron chi connectivity index (χ3n) is 3.78. The van der Waals surface area contributed by atoms with Crippen molar-refractivity contribution in [2.45, 2.75) is 18.9 Å². The highest BCUT2D eigenvalue weighted by molar-refractivity contribution is 5.86. The molecule has 3 rings (SSSR count). The zero-order valence-corrected chi connectivity index (χ0v) is 12.1. The van der Waals surface area contributed by atoms with Crippen LogP contribution in [0.25, 0.3) is 0 Å². The maximum Gasteiger partial charge on any atom is 0.239 e. The molecular formula is C16H17N3O3. The van der Waals surface area contributed by atoms with Crippen molar-refractivity contribution in [1.82, 2.24) is 15.4 Å². The van der Waals surface area contributed by atoms with E-state index in [4.69, 9.17) is 4.52 Å². The molecule has 114 valence electrons. The molecule has 0 aliphatic carbocycles. The highest BCUT2D eigenvalue weighted by Crippen LogP contribution is 2.27. The van der Waals surface area contributed by atoms with E-state index in [1.807, 2.05) is 30.3 Å². The number of rotatable bonds is 5. The van der Waals surface area contributed by atoms with Crippen molar-refractivity contribution >= 4 is 11.8 Å². The standard InChI is InChI=1S/C16H17N3O3/c20-15(17-9-14-6-7-22-18-14)11-19-10-13(8-16(19)21)12-4-2-1-3-5-12/h1-7,13H,8-11H2,(H,17,20)/t13-/m1/s1. The summed E-state index contributed by atoms with van der Waals surface area (Å²) in [6.07, 6.45) is 1.91. The van der Waals surface area contributed by atoms with E-state index in [9.17, 15) is 9.59 Å². The molecule has 1 aromatic heterocycles. The Labute approximate surface area is 128 Å². The topological polar surface area (TPSA) is 75.4 Å². The van der Waals surface area contributed by atoms with Crippen molar-refractivity contribution < 1.29 is 14.1 Å². The summed E-state index contributed by atoms with van der Waals surface area (Å²) in [5.41, 5.74) is 1.80. The van der Waals surface area contributed by atoms with Crippen molar-refractivity contribution in [2.24, 2.45) is 0 Å². The van der Waals surface area contributed by atoms with Crippen molar-refractivity contribution in [3.8, 4) is 0 Å². The lowest BCUT2D eigenvalue weighted by atomic mass is 9.99. The highest BCUT2D eigenvalue weighted by atomic mass is 16.5. The van der Waals surface area contributed by atoms with Gasteiger partial charge in [-0.25, -0.2) is 0 Å². The molecule has 1 aliphatic rings. The first-order valence-electron chi connectivity index (χ1n) is 7.21. The summed E-state index contributed by atoms with van der Waals surface area (Å²) in [7, 11) is 0. The number of nitrogens with zero attached hydrogens (tertiary/aromatic N) is 2. The SMILES string of the molecule is O=C(CN1C[C@H](c2ccccc2)CC1=O)NCc1ccon1. The molecule has 1 aromatic carbocycles. The summed E-state index contributed by atoms with van der Waals surface area (Å²) in [5, 5.41) is 6.45. The van der Waals surface area contributed by atoms with Crippen LogP contribution in [0, 0.1) is 0 Å². The fourth-order valence-electron chi connectivity index (χ4n) is 2.62. The first kappa shape index (κ1) is 14.3. The van der Waals surface area contributed by atoms with Crippen LogP contribution in [0.15, 0.2) is 47.2 Å². The molecule has 0 spiro atoms. The van der Waals surface area contributed by atoms with Crippen molar-refractivity contribution in [2.75, 3.05) is 13.1 Å². The van der Waals surface area contributed by atoms with Crippen molar-refractivity contribution in [1.29, 1.82) is 0 Å². The summed E-state index contributed by atoms with van der Waals surface area (Å²) >= 11 is 0. The van der Waals surface area contributed by atoms with E-state index in [-0.39, 0.29) is 24.3 Å². The minimum atomic E-state index is -0.190. The monoisotopic (exact) mass is 299 g/mol. The van der Waals surface area contributed by atoms with E-state index in [0.29, 0.717) is 25.2 Å². The van der Waals surface area contributed by atoms with Gasteiger partial charge < -0.3 is 14.7 Å². The van der Waals surface area contributed by atoms with E-state index in [2.05, 4.69) is 10.5 Å². The number of likely N-dealkylation sites (tertiary alicyclic amines) is 1. The van der Waals surface area contributed by atoms with Gasteiger partial charge >= 0.3 is 0 Å². The largest absolute Gasteiger partial charge is 0.364 e. The Hall–Kier alpha value is -2.63.